The molecule has 2 unspecified atom stereocenters. The summed E-state index contributed by atoms with van der Waals surface area (Å²) in [6, 6.07) is 3.63. The largest absolute Gasteiger partial charge is 0.514 e. The molecule has 12 heteroatoms. The SMILES string of the molecule is CCCC(C)OC(=O)OC(C)CN[C@@H](Cc1ccc(OC(=O)OC(C)(C)CC)c(OC(=O)OC(C)(C)CC)c1)C(=O)OC. The lowest BCUT2D eigenvalue weighted by molar-refractivity contribution is -0.143. The summed E-state index contributed by atoms with van der Waals surface area (Å²) in [5.74, 6) is -0.749. The van der Waals surface area contributed by atoms with E-state index in [-0.39, 0.29) is 30.6 Å². The first-order valence-electron chi connectivity index (χ1n) is 14.7. The topological polar surface area (TPSA) is 145 Å². The van der Waals surface area contributed by atoms with Crippen LogP contribution in [-0.4, -0.2) is 67.5 Å². The first kappa shape index (κ1) is 37.5. The zero-order valence-electron chi connectivity index (χ0n) is 27.2. The van der Waals surface area contributed by atoms with Gasteiger partial charge in [-0.1, -0.05) is 33.3 Å². The predicted molar refractivity (Wildman–Crippen MR) is 158 cm³/mol. The van der Waals surface area contributed by atoms with Crippen LogP contribution in [0.4, 0.5) is 14.4 Å². The zero-order chi connectivity index (χ0) is 32.8. The average Bonchev–Trinajstić information content (AvgIpc) is 2.91. The van der Waals surface area contributed by atoms with Crippen molar-refractivity contribution in [2.24, 2.45) is 0 Å². The molecule has 0 aromatic heterocycles. The Hall–Kier alpha value is -3.54. The van der Waals surface area contributed by atoms with E-state index in [0.29, 0.717) is 24.8 Å². The zero-order valence-corrected chi connectivity index (χ0v) is 27.2. The molecule has 0 aliphatic carbocycles. The van der Waals surface area contributed by atoms with E-state index in [2.05, 4.69) is 5.32 Å². The van der Waals surface area contributed by atoms with Crippen molar-refractivity contribution in [1.82, 2.24) is 5.32 Å². The Kier molecular flexibility index (Phi) is 15.3. The van der Waals surface area contributed by atoms with Gasteiger partial charge in [0.2, 0.25) is 0 Å². The van der Waals surface area contributed by atoms with Crippen LogP contribution in [0.3, 0.4) is 0 Å². The van der Waals surface area contributed by atoms with Crippen LogP contribution in [0.5, 0.6) is 11.5 Å². The summed E-state index contributed by atoms with van der Waals surface area (Å²) >= 11 is 0. The van der Waals surface area contributed by atoms with Gasteiger partial charge in [0.15, 0.2) is 11.5 Å². The Labute approximate surface area is 255 Å². The highest BCUT2D eigenvalue weighted by atomic mass is 16.8. The van der Waals surface area contributed by atoms with E-state index in [1.165, 1.54) is 19.2 Å². The minimum atomic E-state index is -0.995. The first-order chi connectivity index (χ1) is 20.0. The van der Waals surface area contributed by atoms with E-state index >= 15 is 0 Å². The van der Waals surface area contributed by atoms with Crippen LogP contribution in [0, 0.1) is 0 Å². The maximum Gasteiger partial charge on any atom is 0.514 e. The van der Waals surface area contributed by atoms with E-state index < -0.39 is 47.8 Å². The minimum absolute atomic E-state index is 0.0766. The molecule has 0 bridgehead atoms. The molecular formula is C31H49NO11. The van der Waals surface area contributed by atoms with Gasteiger partial charge < -0.3 is 38.5 Å². The third-order valence-corrected chi connectivity index (χ3v) is 6.68. The van der Waals surface area contributed by atoms with E-state index in [1.54, 1.807) is 47.6 Å². The molecule has 0 aliphatic rings. The van der Waals surface area contributed by atoms with Crippen LogP contribution in [0.25, 0.3) is 0 Å². The van der Waals surface area contributed by atoms with Crippen molar-refractivity contribution in [2.45, 2.75) is 124 Å². The number of nitrogens with one attached hydrogen (secondary N) is 1. The Balaban J connectivity index is 3.12. The summed E-state index contributed by atoms with van der Waals surface area (Å²) in [6.45, 7) is 16.2. The van der Waals surface area contributed by atoms with E-state index in [0.717, 1.165) is 6.42 Å². The van der Waals surface area contributed by atoms with Gasteiger partial charge in [-0.2, -0.15) is 0 Å². The normalized spacial score (nSPS) is 13.6. The maximum atomic E-state index is 12.6. The summed E-state index contributed by atoms with van der Waals surface area (Å²) in [4.78, 5) is 49.7. The fourth-order valence-corrected chi connectivity index (χ4v) is 3.45. The van der Waals surface area contributed by atoms with Crippen LogP contribution >= 0.6 is 0 Å². The van der Waals surface area contributed by atoms with Crippen molar-refractivity contribution in [1.29, 1.82) is 0 Å². The molecule has 1 aromatic carbocycles. The number of hydrogen-bond acceptors (Lipinski definition) is 12. The Morgan fingerprint density at radius 2 is 1.33 bits per heavy atom. The lowest BCUT2D eigenvalue weighted by atomic mass is 10.0. The number of rotatable bonds is 16. The summed E-state index contributed by atoms with van der Waals surface area (Å²) < 4.78 is 37.0. The van der Waals surface area contributed by atoms with Gasteiger partial charge in [0, 0.05) is 6.54 Å². The fraction of sp³-hybridized carbons (Fsp3) is 0.677. The molecule has 0 radical (unpaired) electrons. The molecule has 1 N–H and O–H groups in total. The van der Waals surface area contributed by atoms with E-state index in [4.69, 9.17) is 33.2 Å². The smallest absolute Gasteiger partial charge is 0.468 e. The molecule has 0 spiro atoms. The monoisotopic (exact) mass is 611 g/mol. The van der Waals surface area contributed by atoms with Crippen molar-refractivity contribution < 1.29 is 52.3 Å². The molecule has 0 fully saturated rings. The molecule has 0 amide bonds. The predicted octanol–water partition coefficient (Wildman–Crippen LogP) is 6.50. The van der Waals surface area contributed by atoms with Gasteiger partial charge in [-0.3, -0.25) is 4.79 Å². The number of carbonyl (C=O) groups excluding carboxylic acids is 4. The fourth-order valence-electron chi connectivity index (χ4n) is 3.45. The number of methoxy groups -OCH3 is 1. The third kappa shape index (κ3) is 14.5. The Morgan fingerprint density at radius 1 is 0.791 bits per heavy atom. The molecule has 0 heterocycles. The van der Waals surface area contributed by atoms with Crippen molar-refractivity contribution >= 4 is 24.4 Å². The van der Waals surface area contributed by atoms with Gasteiger partial charge >= 0.3 is 24.4 Å². The standard InChI is InChI=1S/C31H49NO11/c1-11-14-20(4)38-27(34)39-21(5)19-32-23(26(33)37-10)17-22-15-16-24(40-28(35)42-30(6,7)12-2)25(18-22)41-29(36)43-31(8,9)13-3/h15-16,18,20-21,23,32H,11-14,17,19H2,1-10H3/t20?,21?,23-/m0/s1. The molecule has 1 rings (SSSR count). The maximum absolute atomic E-state index is 12.6. The summed E-state index contributed by atoms with van der Waals surface area (Å²) in [5, 5.41) is 3.04. The summed E-state index contributed by atoms with van der Waals surface area (Å²) in [7, 11) is 1.25. The van der Waals surface area contributed by atoms with Crippen LogP contribution in [0.2, 0.25) is 0 Å². The molecule has 0 aliphatic heterocycles. The van der Waals surface area contributed by atoms with Crippen LogP contribution in [0.15, 0.2) is 18.2 Å². The molecule has 3 atom stereocenters. The second-order valence-electron chi connectivity index (χ2n) is 11.5. The summed E-state index contributed by atoms with van der Waals surface area (Å²) in [6.07, 6.45) is -0.881. The lowest BCUT2D eigenvalue weighted by Gasteiger charge is -2.24. The van der Waals surface area contributed by atoms with Gasteiger partial charge in [0.1, 0.15) is 29.5 Å². The Bertz CT molecular complexity index is 1070. The summed E-state index contributed by atoms with van der Waals surface area (Å²) in [5.41, 5.74) is -1.03. The van der Waals surface area contributed by atoms with Crippen molar-refractivity contribution in [2.75, 3.05) is 13.7 Å². The van der Waals surface area contributed by atoms with Crippen molar-refractivity contribution in [3.05, 3.63) is 23.8 Å². The van der Waals surface area contributed by atoms with Crippen molar-refractivity contribution in [3.63, 3.8) is 0 Å². The number of hydrogen-bond donors (Lipinski definition) is 1. The lowest BCUT2D eigenvalue weighted by Crippen LogP contribution is -2.43. The molecule has 12 nitrogen and oxygen atoms in total. The number of benzene rings is 1. The number of ether oxygens (including phenoxy) is 7. The van der Waals surface area contributed by atoms with Crippen LogP contribution in [-0.2, 0) is 34.9 Å². The molecule has 244 valence electrons. The van der Waals surface area contributed by atoms with Gasteiger partial charge in [0.05, 0.1) is 7.11 Å². The highest BCUT2D eigenvalue weighted by molar-refractivity contribution is 5.76. The number of carbonyl (C=O) groups is 4. The van der Waals surface area contributed by atoms with E-state index in [9.17, 15) is 19.2 Å². The average molecular weight is 612 g/mol. The van der Waals surface area contributed by atoms with Gasteiger partial charge in [-0.05, 0) is 84.9 Å². The van der Waals surface area contributed by atoms with Crippen LogP contribution in [0.1, 0.15) is 93.6 Å². The Morgan fingerprint density at radius 3 is 1.84 bits per heavy atom. The van der Waals surface area contributed by atoms with Crippen molar-refractivity contribution in [3.8, 4) is 11.5 Å². The molecular weight excluding hydrogens is 562 g/mol. The minimum Gasteiger partial charge on any atom is -0.468 e. The van der Waals surface area contributed by atoms with Gasteiger partial charge in [0.25, 0.3) is 0 Å². The third-order valence-electron chi connectivity index (χ3n) is 6.68. The first-order valence-corrected chi connectivity index (χ1v) is 14.7. The second-order valence-corrected chi connectivity index (χ2v) is 11.5. The highest BCUT2D eigenvalue weighted by Gasteiger charge is 2.27. The highest BCUT2D eigenvalue weighted by Crippen LogP contribution is 2.31. The molecule has 0 saturated carbocycles. The van der Waals surface area contributed by atoms with E-state index in [1.807, 2.05) is 20.8 Å². The van der Waals surface area contributed by atoms with Gasteiger partial charge in [-0.25, -0.2) is 14.4 Å². The van der Waals surface area contributed by atoms with Crippen LogP contribution < -0.4 is 14.8 Å². The second kappa shape index (κ2) is 17.5. The molecule has 0 saturated heterocycles. The quantitative estimate of drug-likeness (QED) is 0.124. The molecule has 43 heavy (non-hydrogen) atoms. The van der Waals surface area contributed by atoms with Gasteiger partial charge in [-0.15, -0.1) is 0 Å². The number of esters is 1. The molecule has 1 aromatic rings.